The van der Waals surface area contributed by atoms with Crippen molar-refractivity contribution in [1.82, 2.24) is 19.9 Å². The zero-order valence-corrected chi connectivity index (χ0v) is 39.0. The Morgan fingerprint density at radius 3 is 2.29 bits per heavy atom. The molecule has 1 aliphatic rings. The number of carbonyl (C=O) groups is 4. The summed E-state index contributed by atoms with van der Waals surface area (Å²) >= 11 is 0. The number of nitrogens with zero attached hydrogens (tertiary/aromatic N) is 4. The van der Waals surface area contributed by atoms with E-state index in [2.05, 4.69) is 15.0 Å². The standard InChI is InChI=1S/C47H66N4O14/c1-27(17-18-38(56)29(3)44(64-32(6)53)28(2)19-20-51(7)26-52)40(59-9)22-41-31(5)39(58-8)15-12-16-42-48-35(24-61-42)46-50-36(25-63-46)47-49-34(23-62-47)45(60-10)30(4)37(55)14-11-13-33(54)21-43(57)65-41/h11-12,14,16,19-20,23-31,33,38-41,44-45,54,56H,13,15,17-18,21-22H2,1-10H3/b14-11+,16-12+,20-19+/t27-,28+,29+,30-,31+,33-,38?,39-,40-,41-,44+,45-/m0/s1. The highest BCUT2D eigenvalue weighted by molar-refractivity contribution is 5.92. The molecule has 1 amide bonds. The number of rotatable bonds is 16. The van der Waals surface area contributed by atoms with Crippen molar-refractivity contribution in [2.45, 2.75) is 123 Å². The average molecular weight is 911 g/mol. The Morgan fingerprint density at radius 1 is 0.938 bits per heavy atom. The number of aliphatic hydroxyl groups is 2. The normalized spacial score (nSPS) is 25.2. The van der Waals surface area contributed by atoms with Gasteiger partial charge in [0.2, 0.25) is 24.1 Å². The fourth-order valence-electron chi connectivity index (χ4n) is 7.83. The number of allylic oxidation sites excluding steroid dienone is 1. The van der Waals surface area contributed by atoms with E-state index in [9.17, 15) is 29.4 Å². The summed E-state index contributed by atoms with van der Waals surface area (Å²) in [7, 11) is 6.19. The van der Waals surface area contributed by atoms with Crippen LogP contribution in [0.25, 0.3) is 29.2 Å². The zero-order chi connectivity index (χ0) is 47.8. The molecular formula is C47H66N4O14. The Balaban J connectivity index is 1.55. The van der Waals surface area contributed by atoms with Crippen molar-refractivity contribution < 1.29 is 66.3 Å². The van der Waals surface area contributed by atoms with Crippen LogP contribution >= 0.6 is 0 Å². The number of esters is 2. The molecule has 0 aliphatic carbocycles. The third kappa shape index (κ3) is 15.1. The minimum atomic E-state index is -1.15. The van der Waals surface area contributed by atoms with E-state index in [4.69, 9.17) is 36.9 Å². The number of carbonyl (C=O) groups excluding carboxylic acids is 4. The van der Waals surface area contributed by atoms with Crippen molar-refractivity contribution in [2.75, 3.05) is 28.4 Å². The van der Waals surface area contributed by atoms with Gasteiger partial charge in [0.1, 0.15) is 42.8 Å². The number of hydrogen-bond donors (Lipinski definition) is 2. The number of ketones is 1. The van der Waals surface area contributed by atoms with Gasteiger partial charge >= 0.3 is 11.9 Å². The number of methoxy groups -OCH3 is 3. The minimum absolute atomic E-state index is 0.00353. The first-order valence-electron chi connectivity index (χ1n) is 21.9. The number of fused-ring (bicyclic) bond motifs is 8. The molecule has 65 heavy (non-hydrogen) atoms. The summed E-state index contributed by atoms with van der Waals surface area (Å²) in [6.45, 7) is 10.6. The van der Waals surface area contributed by atoms with E-state index in [1.165, 1.54) is 49.9 Å². The van der Waals surface area contributed by atoms with Gasteiger partial charge in [0, 0.05) is 65.7 Å². The molecule has 4 heterocycles. The fraction of sp³-hybridized carbons (Fsp3) is 0.596. The summed E-state index contributed by atoms with van der Waals surface area (Å²) in [5.74, 6) is -2.79. The van der Waals surface area contributed by atoms with Gasteiger partial charge < -0.3 is 52.0 Å². The van der Waals surface area contributed by atoms with Gasteiger partial charge in [-0.3, -0.25) is 19.2 Å². The molecule has 358 valence electrons. The minimum Gasteiger partial charge on any atom is -0.462 e. The molecule has 1 aliphatic heterocycles. The lowest BCUT2D eigenvalue weighted by molar-refractivity contribution is -0.159. The monoisotopic (exact) mass is 910 g/mol. The van der Waals surface area contributed by atoms with Gasteiger partial charge in [-0.2, -0.15) is 0 Å². The molecular weight excluding hydrogens is 845 g/mol. The van der Waals surface area contributed by atoms with Crippen LogP contribution in [0.4, 0.5) is 0 Å². The zero-order valence-electron chi connectivity index (χ0n) is 39.0. The van der Waals surface area contributed by atoms with Gasteiger partial charge in [-0.1, -0.05) is 52.8 Å². The second-order valence-corrected chi connectivity index (χ2v) is 16.9. The molecule has 18 heteroatoms. The second-order valence-electron chi connectivity index (χ2n) is 16.9. The molecule has 1 unspecified atom stereocenters. The van der Waals surface area contributed by atoms with E-state index in [1.54, 1.807) is 46.5 Å². The Bertz CT molecular complexity index is 2060. The second kappa shape index (κ2) is 25.4. The maximum Gasteiger partial charge on any atom is 0.308 e. The Morgan fingerprint density at radius 2 is 1.62 bits per heavy atom. The highest BCUT2D eigenvalue weighted by Gasteiger charge is 2.35. The lowest BCUT2D eigenvalue weighted by Crippen LogP contribution is -2.39. The number of aromatic nitrogens is 3. The van der Waals surface area contributed by atoms with Crippen LogP contribution in [0.2, 0.25) is 0 Å². The van der Waals surface area contributed by atoms with Gasteiger partial charge in [0.25, 0.3) is 0 Å². The van der Waals surface area contributed by atoms with E-state index in [-0.39, 0.29) is 60.5 Å². The Hall–Kier alpha value is -5.27. The number of aliphatic hydroxyl groups excluding tert-OH is 2. The number of oxazole rings is 3. The first kappa shape index (κ1) is 52.4. The van der Waals surface area contributed by atoms with Gasteiger partial charge in [-0.15, -0.1) is 0 Å². The molecule has 12 atom stereocenters. The van der Waals surface area contributed by atoms with Crippen molar-refractivity contribution in [1.29, 1.82) is 0 Å². The predicted molar refractivity (Wildman–Crippen MR) is 236 cm³/mol. The van der Waals surface area contributed by atoms with E-state index in [0.29, 0.717) is 42.8 Å². The molecule has 2 N–H and O–H groups in total. The largest absolute Gasteiger partial charge is 0.462 e. The molecule has 0 saturated heterocycles. The number of cyclic esters (lactones) is 1. The van der Waals surface area contributed by atoms with Crippen LogP contribution in [-0.4, -0.2) is 119 Å². The van der Waals surface area contributed by atoms with Gasteiger partial charge in [-0.25, -0.2) is 15.0 Å². The van der Waals surface area contributed by atoms with Crippen LogP contribution in [0.15, 0.2) is 62.5 Å². The SMILES string of the molecule is CO[C@H]1C/C=C/c2nc(co2)-c2nc(co2)-c2nc(co2)[C@@H](OC)[C@@H](C)C(=O)/C=C/C[C@H](O)CC(=O)O[C@@H](C[C@H](OC)[C@@H](C)CCC(O)[C@@H](C)[C@H](OC(C)=O)[C@H](C)/C=C/N(C)C=O)[C@@H]1C. The highest BCUT2D eigenvalue weighted by Crippen LogP contribution is 2.32. The number of ether oxygens (including phenoxy) is 5. The smallest absolute Gasteiger partial charge is 0.308 e. The number of hydrogen-bond acceptors (Lipinski definition) is 17. The Kier molecular flexibility index (Phi) is 20.5. The van der Waals surface area contributed by atoms with Crippen LogP contribution in [0, 0.1) is 29.6 Å². The third-order valence-corrected chi connectivity index (χ3v) is 12.0. The first-order chi connectivity index (χ1) is 31.0. The average Bonchev–Trinajstić information content (AvgIpc) is 4.08. The fourth-order valence-corrected chi connectivity index (χ4v) is 7.83. The summed E-state index contributed by atoms with van der Waals surface area (Å²) in [6.07, 6.45) is 10.6. The predicted octanol–water partition coefficient (Wildman–Crippen LogP) is 6.54. The quantitative estimate of drug-likeness (QED) is 0.115. The summed E-state index contributed by atoms with van der Waals surface area (Å²) < 4.78 is 46.4. The summed E-state index contributed by atoms with van der Waals surface area (Å²) in [5, 5.41) is 22.3. The van der Waals surface area contributed by atoms with Gasteiger partial charge in [0.15, 0.2) is 17.2 Å². The van der Waals surface area contributed by atoms with Gasteiger partial charge in [0.05, 0.1) is 36.8 Å². The van der Waals surface area contributed by atoms with Crippen LogP contribution in [0.1, 0.15) is 97.8 Å². The van der Waals surface area contributed by atoms with E-state index < -0.39 is 66.5 Å². The maximum absolute atomic E-state index is 13.5. The first-order valence-corrected chi connectivity index (χ1v) is 21.9. The van der Waals surface area contributed by atoms with Crippen molar-refractivity contribution >= 4 is 30.2 Å². The molecule has 18 nitrogen and oxygen atoms in total. The maximum atomic E-state index is 13.5. The molecule has 3 aromatic heterocycles. The van der Waals surface area contributed by atoms with E-state index >= 15 is 0 Å². The molecule has 4 rings (SSSR count). The third-order valence-electron chi connectivity index (χ3n) is 12.0. The van der Waals surface area contributed by atoms with Crippen molar-refractivity contribution in [3.63, 3.8) is 0 Å². The topological polar surface area (TPSA) is 236 Å². The molecule has 6 bridgehead atoms. The molecule has 3 aromatic rings. The lowest BCUT2D eigenvalue weighted by atomic mass is 9.83. The summed E-state index contributed by atoms with van der Waals surface area (Å²) in [5.41, 5.74) is 0.991. The Labute approximate surface area is 380 Å². The lowest BCUT2D eigenvalue weighted by Gasteiger charge is -2.34. The molecule has 0 fully saturated rings. The van der Waals surface area contributed by atoms with Crippen LogP contribution in [0.5, 0.6) is 0 Å². The summed E-state index contributed by atoms with van der Waals surface area (Å²) in [4.78, 5) is 64.7. The van der Waals surface area contributed by atoms with Crippen LogP contribution in [-0.2, 0) is 42.9 Å². The van der Waals surface area contributed by atoms with E-state index in [1.807, 2.05) is 33.8 Å². The van der Waals surface area contributed by atoms with E-state index in [0.717, 1.165) is 0 Å². The molecule has 0 radical (unpaired) electrons. The van der Waals surface area contributed by atoms with Crippen molar-refractivity contribution in [3.8, 4) is 23.2 Å². The number of amides is 1. The van der Waals surface area contributed by atoms with Crippen LogP contribution < -0.4 is 0 Å². The van der Waals surface area contributed by atoms with Crippen molar-refractivity contribution in [2.24, 2.45) is 29.6 Å². The molecule has 0 saturated carbocycles. The van der Waals surface area contributed by atoms with Crippen LogP contribution in [0.3, 0.4) is 0 Å². The molecule has 0 spiro atoms. The summed E-state index contributed by atoms with van der Waals surface area (Å²) in [6, 6.07) is 0. The molecule has 0 aromatic carbocycles. The van der Waals surface area contributed by atoms with Gasteiger partial charge in [-0.05, 0) is 43.8 Å². The van der Waals surface area contributed by atoms with Crippen molar-refractivity contribution in [3.05, 3.63) is 60.9 Å². The highest BCUT2D eigenvalue weighted by atomic mass is 16.6.